The summed E-state index contributed by atoms with van der Waals surface area (Å²) in [6.45, 7) is 2.15. The van der Waals surface area contributed by atoms with Gasteiger partial charge in [-0.25, -0.2) is 0 Å². The van der Waals surface area contributed by atoms with E-state index >= 15 is 0 Å². The van der Waals surface area contributed by atoms with Crippen LogP contribution in [0.5, 0.6) is 0 Å². The van der Waals surface area contributed by atoms with Crippen molar-refractivity contribution in [2.45, 2.75) is 44.7 Å². The second-order valence-corrected chi connectivity index (χ2v) is 3.32. The molecule has 0 amide bonds. The van der Waals surface area contributed by atoms with Crippen molar-refractivity contribution >= 4 is 0 Å². The van der Waals surface area contributed by atoms with Crippen LogP contribution in [0.25, 0.3) is 0 Å². The molecule has 1 unspecified atom stereocenters. The van der Waals surface area contributed by atoms with Crippen molar-refractivity contribution in [1.82, 2.24) is 4.90 Å². The van der Waals surface area contributed by atoms with Gasteiger partial charge in [0.05, 0.1) is 12.5 Å². The Labute approximate surface area is 68.8 Å². The second-order valence-electron chi connectivity index (χ2n) is 3.32. The maximum absolute atomic E-state index is 8.54. The molecule has 1 saturated carbocycles. The molecule has 0 radical (unpaired) electrons. The van der Waals surface area contributed by atoms with Gasteiger partial charge in [0.15, 0.2) is 0 Å². The molecule has 1 fully saturated rings. The van der Waals surface area contributed by atoms with E-state index in [0.717, 1.165) is 12.5 Å². The molecule has 1 rings (SSSR count). The fraction of sp³-hybridized carbons (Fsp3) is 0.889. The lowest BCUT2D eigenvalue weighted by molar-refractivity contribution is 0.229. The Morgan fingerprint density at radius 3 is 2.64 bits per heavy atom. The predicted octanol–water partition coefficient (Wildman–Crippen LogP) is 1.77. The fourth-order valence-electron chi connectivity index (χ4n) is 1.46. The van der Waals surface area contributed by atoms with Crippen LogP contribution in [0.3, 0.4) is 0 Å². The second kappa shape index (κ2) is 3.73. The summed E-state index contributed by atoms with van der Waals surface area (Å²) in [4.78, 5) is 2.36. The summed E-state index contributed by atoms with van der Waals surface area (Å²) in [6, 6.07) is 3.52. The minimum Gasteiger partial charge on any atom is -0.299 e. The predicted molar refractivity (Wildman–Crippen MR) is 45.1 cm³/mol. The van der Waals surface area contributed by atoms with Crippen molar-refractivity contribution in [3.05, 3.63) is 0 Å². The molecule has 0 heterocycles. The Balaban J connectivity index is 2.33. The lowest BCUT2D eigenvalue weighted by Gasteiger charge is -2.24. The number of hydrogen-bond donors (Lipinski definition) is 0. The minimum atomic E-state index is 0.493. The third-order valence-electron chi connectivity index (χ3n) is 2.50. The molecule has 0 bridgehead atoms. The van der Waals surface area contributed by atoms with E-state index in [0.29, 0.717) is 12.5 Å². The van der Waals surface area contributed by atoms with E-state index in [1.807, 2.05) is 0 Å². The number of rotatable bonds is 4. The SMILES string of the molecule is CCC(CC#N)N(C)C1CC1. The van der Waals surface area contributed by atoms with Crippen LogP contribution in [-0.4, -0.2) is 24.0 Å². The van der Waals surface area contributed by atoms with Gasteiger partial charge in [0.2, 0.25) is 0 Å². The molecule has 0 N–H and O–H groups in total. The summed E-state index contributed by atoms with van der Waals surface area (Å²) in [5.74, 6) is 0. The van der Waals surface area contributed by atoms with Crippen LogP contribution < -0.4 is 0 Å². The third-order valence-corrected chi connectivity index (χ3v) is 2.50. The van der Waals surface area contributed by atoms with Crippen LogP contribution in [0.15, 0.2) is 0 Å². The molecule has 0 aromatic carbocycles. The van der Waals surface area contributed by atoms with Gasteiger partial charge >= 0.3 is 0 Å². The highest BCUT2D eigenvalue weighted by Crippen LogP contribution is 2.28. The summed E-state index contributed by atoms with van der Waals surface area (Å²) in [5.41, 5.74) is 0. The Morgan fingerprint density at radius 1 is 1.64 bits per heavy atom. The van der Waals surface area contributed by atoms with Crippen LogP contribution in [0.2, 0.25) is 0 Å². The van der Waals surface area contributed by atoms with E-state index < -0.39 is 0 Å². The normalized spacial score (nSPS) is 19.8. The topological polar surface area (TPSA) is 27.0 Å². The highest BCUT2D eigenvalue weighted by atomic mass is 15.2. The molecule has 0 saturated heterocycles. The first-order valence-corrected chi connectivity index (χ1v) is 4.38. The average Bonchev–Trinajstić information content (AvgIpc) is 2.81. The molecular weight excluding hydrogens is 136 g/mol. The lowest BCUT2D eigenvalue weighted by Crippen LogP contribution is -2.32. The van der Waals surface area contributed by atoms with Gasteiger partial charge in [0.25, 0.3) is 0 Å². The maximum Gasteiger partial charge on any atom is 0.0638 e. The highest BCUT2D eigenvalue weighted by Gasteiger charge is 2.29. The van der Waals surface area contributed by atoms with Crippen molar-refractivity contribution in [2.75, 3.05) is 7.05 Å². The van der Waals surface area contributed by atoms with Crippen LogP contribution in [0.4, 0.5) is 0 Å². The summed E-state index contributed by atoms with van der Waals surface area (Å²) >= 11 is 0. The molecular formula is C9H16N2. The van der Waals surface area contributed by atoms with E-state index in [2.05, 4.69) is 24.9 Å². The van der Waals surface area contributed by atoms with Crippen LogP contribution >= 0.6 is 0 Å². The van der Waals surface area contributed by atoms with Crippen molar-refractivity contribution in [3.8, 4) is 6.07 Å². The molecule has 0 aromatic rings. The van der Waals surface area contributed by atoms with Crippen molar-refractivity contribution in [3.63, 3.8) is 0 Å². The molecule has 2 heteroatoms. The fourth-order valence-corrected chi connectivity index (χ4v) is 1.46. The summed E-state index contributed by atoms with van der Waals surface area (Å²) in [6.07, 6.45) is 4.45. The molecule has 0 aromatic heterocycles. The first-order chi connectivity index (χ1) is 5.29. The van der Waals surface area contributed by atoms with Crippen LogP contribution in [-0.2, 0) is 0 Å². The van der Waals surface area contributed by atoms with E-state index in [9.17, 15) is 0 Å². The monoisotopic (exact) mass is 152 g/mol. The quantitative estimate of drug-likeness (QED) is 0.614. The van der Waals surface area contributed by atoms with E-state index in [1.54, 1.807) is 0 Å². The van der Waals surface area contributed by atoms with E-state index in [-0.39, 0.29) is 0 Å². The molecule has 1 aliphatic carbocycles. The van der Waals surface area contributed by atoms with Gasteiger partial charge in [-0.1, -0.05) is 6.92 Å². The maximum atomic E-state index is 8.54. The molecule has 0 spiro atoms. The summed E-state index contributed by atoms with van der Waals surface area (Å²) in [7, 11) is 2.14. The molecule has 11 heavy (non-hydrogen) atoms. The Hall–Kier alpha value is -0.550. The Morgan fingerprint density at radius 2 is 2.27 bits per heavy atom. The van der Waals surface area contributed by atoms with E-state index in [1.165, 1.54) is 12.8 Å². The third kappa shape index (κ3) is 2.20. The standard InChI is InChI=1S/C9H16N2/c1-3-8(6-7-10)11(2)9-4-5-9/h8-9H,3-6H2,1-2H3. The van der Waals surface area contributed by atoms with Gasteiger partial charge in [-0.3, -0.25) is 4.90 Å². The number of nitrogens with zero attached hydrogens (tertiary/aromatic N) is 2. The first-order valence-electron chi connectivity index (χ1n) is 4.38. The zero-order valence-corrected chi connectivity index (χ0v) is 7.38. The van der Waals surface area contributed by atoms with Crippen LogP contribution in [0.1, 0.15) is 32.6 Å². The Kier molecular flexibility index (Phi) is 2.90. The van der Waals surface area contributed by atoms with Crippen LogP contribution in [0, 0.1) is 11.3 Å². The summed E-state index contributed by atoms with van der Waals surface area (Å²) in [5, 5.41) is 8.54. The molecule has 62 valence electrons. The van der Waals surface area contributed by atoms with Gasteiger partial charge in [-0.15, -0.1) is 0 Å². The molecule has 1 aliphatic rings. The average molecular weight is 152 g/mol. The minimum absolute atomic E-state index is 0.493. The summed E-state index contributed by atoms with van der Waals surface area (Å²) < 4.78 is 0. The van der Waals surface area contributed by atoms with Gasteiger partial charge in [0, 0.05) is 12.1 Å². The van der Waals surface area contributed by atoms with Crippen molar-refractivity contribution in [1.29, 1.82) is 5.26 Å². The van der Waals surface area contributed by atoms with E-state index in [4.69, 9.17) is 5.26 Å². The molecule has 1 atom stereocenters. The molecule has 0 aliphatic heterocycles. The number of nitriles is 1. The van der Waals surface area contributed by atoms with Gasteiger partial charge in [-0.2, -0.15) is 5.26 Å². The molecule has 2 nitrogen and oxygen atoms in total. The zero-order valence-electron chi connectivity index (χ0n) is 7.38. The van der Waals surface area contributed by atoms with Gasteiger partial charge < -0.3 is 0 Å². The largest absolute Gasteiger partial charge is 0.299 e. The van der Waals surface area contributed by atoms with Gasteiger partial charge in [-0.05, 0) is 26.3 Å². The first kappa shape index (κ1) is 8.55. The van der Waals surface area contributed by atoms with Gasteiger partial charge in [0.1, 0.15) is 0 Å². The van der Waals surface area contributed by atoms with Crippen molar-refractivity contribution in [2.24, 2.45) is 0 Å². The smallest absolute Gasteiger partial charge is 0.0638 e. The number of hydrogen-bond acceptors (Lipinski definition) is 2. The lowest BCUT2D eigenvalue weighted by atomic mass is 10.1. The van der Waals surface area contributed by atoms with Crippen molar-refractivity contribution < 1.29 is 0 Å². The Bertz CT molecular complexity index is 155. The highest BCUT2D eigenvalue weighted by molar-refractivity contribution is 4.89. The zero-order chi connectivity index (χ0) is 8.27.